The number of hydrogen-bond acceptors (Lipinski definition) is 3. The molecule has 0 aliphatic heterocycles. The Morgan fingerprint density at radius 1 is 0.762 bits per heavy atom. The average molecular weight is 307 g/mol. The predicted molar refractivity (Wildman–Crippen MR) is 97.0 cm³/mol. The van der Waals surface area contributed by atoms with Crippen molar-refractivity contribution in [2.45, 2.75) is 71.1 Å². The van der Waals surface area contributed by atoms with E-state index >= 15 is 0 Å². The van der Waals surface area contributed by atoms with Crippen molar-refractivity contribution in [1.82, 2.24) is 0 Å². The second-order valence-electron chi connectivity index (χ2n) is 5.74. The van der Waals surface area contributed by atoms with E-state index in [2.05, 4.69) is 6.92 Å². The molecule has 0 saturated carbocycles. The second kappa shape index (κ2) is 11.8. The van der Waals surface area contributed by atoms with Crippen LogP contribution < -0.4 is 0 Å². The molecule has 1 aliphatic rings. The molecule has 0 unspecified atom stereocenters. The smallest absolute Gasteiger partial charge is 0.0800 e. The van der Waals surface area contributed by atoms with Gasteiger partial charge in [0.05, 0.1) is 11.4 Å². The first kappa shape index (κ1) is 18.2. The van der Waals surface area contributed by atoms with Gasteiger partial charge >= 0.3 is 0 Å². The molecule has 0 aromatic rings. The van der Waals surface area contributed by atoms with Gasteiger partial charge in [-0.15, -0.1) is 11.8 Å². The van der Waals surface area contributed by atoms with Crippen LogP contribution in [0.25, 0.3) is 0 Å². The first-order chi connectivity index (χ1) is 10.2. The summed E-state index contributed by atoms with van der Waals surface area (Å²) in [4.78, 5) is 1.13. The van der Waals surface area contributed by atoms with Crippen LogP contribution in [0.4, 0.5) is 0 Å². The number of nitrogens with one attached hydrogen (secondary N) is 2. The van der Waals surface area contributed by atoms with E-state index < -0.39 is 0 Å². The van der Waals surface area contributed by atoms with Crippen molar-refractivity contribution < 1.29 is 0 Å². The van der Waals surface area contributed by atoms with Crippen molar-refractivity contribution in [3.05, 3.63) is 23.1 Å². The highest BCUT2D eigenvalue weighted by Crippen LogP contribution is 2.22. The Balaban J connectivity index is 1.89. The lowest BCUT2D eigenvalue weighted by molar-refractivity contribution is 0.563. The van der Waals surface area contributed by atoms with E-state index in [1.807, 2.05) is 23.9 Å². The summed E-state index contributed by atoms with van der Waals surface area (Å²) in [6.07, 6.45) is 19.2. The summed E-state index contributed by atoms with van der Waals surface area (Å²) in [6, 6.07) is 0. The van der Waals surface area contributed by atoms with Crippen molar-refractivity contribution in [3.63, 3.8) is 0 Å². The third kappa shape index (κ3) is 8.92. The van der Waals surface area contributed by atoms with Crippen molar-refractivity contribution in [2.24, 2.45) is 0 Å². The SMILES string of the molecule is CCCCCCCCCCCCSC1=CC(=N)C(=N)C=C1. The molecular weight excluding hydrogens is 276 g/mol. The van der Waals surface area contributed by atoms with Gasteiger partial charge in [0.2, 0.25) is 0 Å². The first-order valence-corrected chi connectivity index (χ1v) is 9.42. The first-order valence-electron chi connectivity index (χ1n) is 8.44. The summed E-state index contributed by atoms with van der Waals surface area (Å²) in [6.45, 7) is 2.27. The van der Waals surface area contributed by atoms with Crippen LogP contribution in [0.2, 0.25) is 0 Å². The maximum atomic E-state index is 7.61. The van der Waals surface area contributed by atoms with Crippen LogP contribution in [0.1, 0.15) is 71.1 Å². The van der Waals surface area contributed by atoms with E-state index in [1.165, 1.54) is 64.2 Å². The molecule has 0 amide bonds. The Hall–Kier alpha value is -0.830. The van der Waals surface area contributed by atoms with Gasteiger partial charge in [-0.25, -0.2) is 0 Å². The number of hydrogen-bond donors (Lipinski definition) is 2. The molecule has 0 fully saturated rings. The van der Waals surface area contributed by atoms with Crippen LogP contribution in [0.5, 0.6) is 0 Å². The van der Waals surface area contributed by atoms with Crippen LogP contribution in [0.15, 0.2) is 23.1 Å². The molecule has 0 radical (unpaired) electrons. The Kier molecular flexibility index (Phi) is 10.2. The highest BCUT2D eigenvalue weighted by Gasteiger charge is 2.06. The zero-order valence-corrected chi connectivity index (χ0v) is 14.2. The van der Waals surface area contributed by atoms with E-state index in [-0.39, 0.29) is 0 Å². The van der Waals surface area contributed by atoms with Gasteiger partial charge in [0, 0.05) is 4.91 Å². The van der Waals surface area contributed by atoms with Crippen molar-refractivity contribution in [1.29, 1.82) is 10.8 Å². The maximum absolute atomic E-state index is 7.61. The lowest BCUT2D eigenvalue weighted by Crippen LogP contribution is -2.09. The second-order valence-corrected chi connectivity index (χ2v) is 6.91. The third-order valence-electron chi connectivity index (χ3n) is 3.76. The van der Waals surface area contributed by atoms with Crippen LogP contribution >= 0.6 is 11.8 Å². The summed E-state index contributed by atoms with van der Waals surface area (Å²) in [5.41, 5.74) is 0.654. The summed E-state index contributed by atoms with van der Waals surface area (Å²) < 4.78 is 0. The molecule has 2 N–H and O–H groups in total. The highest BCUT2D eigenvalue weighted by molar-refractivity contribution is 8.03. The molecule has 0 saturated heterocycles. The monoisotopic (exact) mass is 306 g/mol. The Morgan fingerprint density at radius 3 is 1.90 bits per heavy atom. The zero-order valence-electron chi connectivity index (χ0n) is 13.4. The van der Waals surface area contributed by atoms with E-state index in [1.54, 1.807) is 6.08 Å². The number of thioether (sulfide) groups is 1. The predicted octanol–water partition coefficient (Wildman–Crippen LogP) is 6.13. The maximum Gasteiger partial charge on any atom is 0.0800 e. The quantitative estimate of drug-likeness (QED) is 0.330. The van der Waals surface area contributed by atoms with Gasteiger partial charge in [-0.1, -0.05) is 64.7 Å². The molecular formula is C18H30N2S. The summed E-state index contributed by atoms with van der Waals surface area (Å²) in [5.74, 6) is 1.13. The van der Waals surface area contributed by atoms with Crippen LogP contribution in [0.3, 0.4) is 0 Å². The minimum Gasteiger partial charge on any atom is -0.299 e. The summed E-state index contributed by atoms with van der Waals surface area (Å²) >= 11 is 1.82. The van der Waals surface area contributed by atoms with Gasteiger partial charge in [-0.05, 0) is 30.4 Å². The van der Waals surface area contributed by atoms with E-state index in [9.17, 15) is 0 Å². The lowest BCUT2D eigenvalue weighted by Gasteiger charge is -2.08. The number of allylic oxidation sites excluding steroid dienone is 3. The molecule has 3 heteroatoms. The number of rotatable bonds is 12. The highest BCUT2D eigenvalue weighted by atomic mass is 32.2. The third-order valence-corrected chi connectivity index (χ3v) is 4.84. The fourth-order valence-electron chi connectivity index (χ4n) is 2.39. The lowest BCUT2D eigenvalue weighted by atomic mass is 10.1. The van der Waals surface area contributed by atoms with Crippen LogP contribution in [0, 0.1) is 10.8 Å². The van der Waals surface area contributed by atoms with Crippen LogP contribution in [-0.2, 0) is 0 Å². The zero-order chi connectivity index (χ0) is 15.3. The molecule has 1 aliphatic carbocycles. The molecule has 1 rings (SSSR count). The molecule has 2 nitrogen and oxygen atoms in total. The van der Waals surface area contributed by atoms with Gasteiger partial charge in [-0.2, -0.15) is 0 Å². The van der Waals surface area contributed by atoms with E-state index in [4.69, 9.17) is 10.8 Å². The summed E-state index contributed by atoms with van der Waals surface area (Å²) in [7, 11) is 0. The van der Waals surface area contributed by atoms with Gasteiger partial charge in [0.15, 0.2) is 0 Å². The topological polar surface area (TPSA) is 47.7 Å². The molecule has 118 valence electrons. The molecule has 21 heavy (non-hydrogen) atoms. The normalized spacial score (nSPS) is 14.6. The van der Waals surface area contributed by atoms with Gasteiger partial charge < -0.3 is 0 Å². The van der Waals surface area contributed by atoms with Crippen molar-refractivity contribution >= 4 is 23.2 Å². The minimum absolute atomic E-state index is 0.318. The van der Waals surface area contributed by atoms with Gasteiger partial charge in [0.1, 0.15) is 0 Å². The molecule has 0 aromatic heterocycles. The average Bonchev–Trinajstić information content (AvgIpc) is 2.48. The fourth-order valence-corrected chi connectivity index (χ4v) is 3.34. The van der Waals surface area contributed by atoms with Crippen molar-refractivity contribution in [2.75, 3.05) is 5.75 Å². The molecule has 0 atom stereocenters. The van der Waals surface area contributed by atoms with E-state index in [0.717, 1.165) is 10.7 Å². The van der Waals surface area contributed by atoms with Gasteiger partial charge in [-0.3, -0.25) is 10.8 Å². The number of unbranched alkanes of at least 4 members (excludes halogenated alkanes) is 9. The Morgan fingerprint density at radius 2 is 1.33 bits per heavy atom. The fraction of sp³-hybridized carbons (Fsp3) is 0.667. The standard InChI is InChI=1S/C18H30N2S/c1-2-3-4-5-6-7-8-9-10-11-14-21-16-12-13-17(19)18(20)15-16/h12-13,15,19-20H,2-11,14H2,1H3. The molecule has 0 bridgehead atoms. The molecule has 0 aromatic carbocycles. The Bertz CT molecular complexity index is 383. The Labute approximate surface area is 134 Å². The van der Waals surface area contributed by atoms with Gasteiger partial charge in [0.25, 0.3) is 0 Å². The molecule has 0 heterocycles. The minimum atomic E-state index is 0.318. The summed E-state index contributed by atoms with van der Waals surface area (Å²) in [5, 5.41) is 15.1. The van der Waals surface area contributed by atoms with Crippen molar-refractivity contribution in [3.8, 4) is 0 Å². The van der Waals surface area contributed by atoms with Crippen LogP contribution in [-0.4, -0.2) is 17.2 Å². The molecule has 0 spiro atoms. The van der Waals surface area contributed by atoms with E-state index in [0.29, 0.717) is 11.4 Å². The largest absolute Gasteiger partial charge is 0.299 e.